The summed E-state index contributed by atoms with van der Waals surface area (Å²) in [6, 6.07) is 10.9. The average Bonchev–Trinajstić information content (AvgIpc) is 3.31. The highest BCUT2D eigenvalue weighted by Gasteiger charge is 2.08. The number of unbranched alkanes of at least 4 members (excludes halogenated alkanes) is 17. The monoisotopic (exact) mass is 508 g/mol. The van der Waals surface area contributed by atoms with Gasteiger partial charge in [0, 0.05) is 19.2 Å². The molecule has 1 aromatic carbocycles. The molecule has 0 atom stereocenters. The molecular formula is C35H60N2. The van der Waals surface area contributed by atoms with E-state index >= 15 is 0 Å². The van der Waals surface area contributed by atoms with Gasteiger partial charge in [0.15, 0.2) is 0 Å². The van der Waals surface area contributed by atoms with E-state index in [-0.39, 0.29) is 0 Å². The van der Waals surface area contributed by atoms with Crippen LogP contribution in [0.15, 0.2) is 36.5 Å². The van der Waals surface area contributed by atoms with Gasteiger partial charge in [-0.3, -0.25) is 0 Å². The van der Waals surface area contributed by atoms with Crippen molar-refractivity contribution >= 4 is 0 Å². The Labute approximate surface area is 231 Å². The average molecular weight is 509 g/mol. The fourth-order valence-electron chi connectivity index (χ4n) is 5.48. The second-order valence-electron chi connectivity index (χ2n) is 11.4. The molecule has 0 saturated heterocycles. The van der Waals surface area contributed by atoms with Gasteiger partial charge in [-0.25, -0.2) is 4.98 Å². The molecule has 2 aromatic rings. The van der Waals surface area contributed by atoms with Gasteiger partial charge in [0.25, 0.3) is 0 Å². The van der Waals surface area contributed by atoms with Crippen LogP contribution in [0.2, 0.25) is 0 Å². The number of nitrogens with zero attached hydrogens (tertiary/aromatic N) is 2. The molecule has 0 bridgehead atoms. The van der Waals surface area contributed by atoms with Crippen molar-refractivity contribution in [3.63, 3.8) is 0 Å². The van der Waals surface area contributed by atoms with Crippen molar-refractivity contribution in [1.29, 1.82) is 0 Å². The molecule has 0 radical (unpaired) electrons. The minimum absolute atomic E-state index is 1.10. The number of imidazole rings is 1. The Morgan fingerprint density at radius 1 is 0.514 bits per heavy atom. The summed E-state index contributed by atoms with van der Waals surface area (Å²) >= 11 is 0. The highest BCUT2D eigenvalue weighted by atomic mass is 15.1. The van der Waals surface area contributed by atoms with Gasteiger partial charge in [-0.15, -0.1) is 0 Å². The molecule has 210 valence electrons. The van der Waals surface area contributed by atoms with Crippen molar-refractivity contribution in [2.45, 2.75) is 168 Å². The summed E-state index contributed by atoms with van der Waals surface area (Å²) < 4.78 is 2.47. The fourth-order valence-corrected chi connectivity index (χ4v) is 5.48. The second-order valence-corrected chi connectivity index (χ2v) is 11.4. The highest BCUT2D eigenvalue weighted by molar-refractivity contribution is 5.15. The smallest absolute Gasteiger partial charge is 0.108 e. The maximum Gasteiger partial charge on any atom is 0.108 e. The number of rotatable bonds is 25. The molecule has 0 fully saturated rings. The van der Waals surface area contributed by atoms with Crippen LogP contribution in [0.25, 0.3) is 0 Å². The van der Waals surface area contributed by atoms with E-state index in [1.54, 1.807) is 0 Å². The molecule has 0 aliphatic rings. The first-order chi connectivity index (χ1) is 18.3. The summed E-state index contributed by atoms with van der Waals surface area (Å²) in [5.41, 5.74) is 2.74. The van der Waals surface area contributed by atoms with Crippen molar-refractivity contribution in [3.05, 3.63) is 53.6 Å². The Hall–Kier alpha value is -1.57. The molecule has 2 heteroatoms. The summed E-state index contributed by atoms with van der Waals surface area (Å²) in [6.45, 7) is 5.72. The number of aryl methyl sites for hydroxylation is 4. The Bertz CT molecular complexity index is 748. The summed E-state index contributed by atoms with van der Waals surface area (Å²) in [7, 11) is 0. The van der Waals surface area contributed by atoms with Crippen LogP contribution in [0, 0.1) is 0 Å². The zero-order valence-corrected chi connectivity index (χ0v) is 24.8. The summed E-state index contributed by atoms with van der Waals surface area (Å²) in [4.78, 5) is 5.07. The zero-order chi connectivity index (χ0) is 26.2. The van der Waals surface area contributed by atoms with Crippen molar-refractivity contribution in [1.82, 2.24) is 9.55 Å². The van der Waals surface area contributed by atoms with E-state index in [1.165, 1.54) is 145 Å². The molecule has 2 rings (SSSR count). The molecule has 2 nitrogen and oxygen atoms in total. The molecule has 1 heterocycles. The maximum absolute atomic E-state index is 5.07. The van der Waals surface area contributed by atoms with Crippen LogP contribution in [0.5, 0.6) is 0 Å². The first-order valence-electron chi connectivity index (χ1n) is 16.4. The van der Waals surface area contributed by atoms with Crippen LogP contribution in [-0.2, 0) is 25.8 Å². The third-order valence-corrected chi connectivity index (χ3v) is 7.91. The molecule has 0 amide bonds. The van der Waals surface area contributed by atoms with Gasteiger partial charge in [0.05, 0.1) is 5.69 Å². The first-order valence-corrected chi connectivity index (χ1v) is 16.4. The van der Waals surface area contributed by atoms with E-state index < -0.39 is 0 Å². The predicted molar refractivity (Wildman–Crippen MR) is 163 cm³/mol. The topological polar surface area (TPSA) is 17.8 Å². The van der Waals surface area contributed by atoms with Gasteiger partial charge in [0.2, 0.25) is 0 Å². The third kappa shape index (κ3) is 16.1. The zero-order valence-electron chi connectivity index (χ0n) is 24.8. The van der Waals surface area contributed by atoms with E-state index in [2.05, 4.69) is 54.9 Å². The number of hydrogen-bond donors (Lipinski definition) is 0. The summed E-state index contributed by atoms with van der Waals surface area (Å²) in [6.07, 6.45) is 33.8. The lowest BCUT2D eigenvalue weighted by Crippen LogP contribution is -2.03. The lowest BCUT2D eigenvalue weighted by Gasteiger charge is -2.07. The van der Waals surface area contributed by atoms with Crippen molar-refractivity contribution in [3.8, 4) is 0 Å². The minimum atomic E-state index is 1.10. The quantitative estimate of drug-likeness (QED) is 0.122. The largest absolute Gasteiger partial charge is 0.335 e. The molecule has 0 N–H and O–H groups in total. The van der Waals surface area contributed by atoms with Crippen LogP contribution in [0.4, 0.5) is 0 Å². The van der Waals surface area contributed by atoms with Gasteiger partial charge in [-0.2, -0.15) is 0 Å². The number of hydrogen-bond acceptors (Lipinski definition) is 1. The standard InChI is InChI=1S/C35H60N2/c1-3-5-7-8-9-10-11-12-13-14-15-16-17-18-19-20-24-30-35-36-34(32-37(35)31-6-4-2)29-25-28-33-26-22-21-23-27-33/h21-23,26-27,32H,3-20,24-25,28-31H2,1-2H3. The van der Waals surface area contributed by atoms with Crippen molar-refractivity contribution in [2.24, 2.45) is 0 Å². The SMILES string of the molecule is CCCCCCCCCCCCCCCCCCCc1nc(CCCc2ccccc2)cn1CCCC. The Morgan fingerprint density at radius 2 is 1.03 bits per heavy atom. The summed E-state index contributed by atoms with van der Waals surface area (Å²) in [5.74, 6) is 1.34. The van der Waals surface area contributed by atoms with Gasteiger partial charge >= 0.3 is 0 Å². The lowest BCUT2D eigenvalue weighted by atomic mass is 10.0. The number of benzene rings is 1. The van der Waals surface area contributed by atoms with Crippen LogP contribution < -0.4 is 0 Å². The van der Waals surface area contributed by atoms with Gasteiger partial charge < -0.3 is 4.57 Å². The maximum atomic E-state index is 5.07. The molecule has 1 aromatic heterocycles. The third-order valence-electron chi connectivity index (χ3n) is 7.91. The minimum Gasteiger partial charge on any atom is -0.335 e. The van der Waals surface area contributed by atoms with E-state index in [0.717, 1.165) is 25.8 Å². The molecule has 0 aliphatic carbocycles. The van der Waals surface area contributed by atoms with Crippen molar-refractivity contribution < 1.29 is 0 Å². The highest BCUT2D eigenvalue weighted by Crippen LogP contribution is 2.16. The molecular weight excluding hydrogens is 448 g/mol. The van der Waals surface area contributed by atoms with Crippen LogP contribution in [-0.4, -0.2) is 9.55 Å². The van der Waals surface area contributed by atoms with Gasteiger partial charge in [0.1, 0.15) is 5.82 Å². The Morgan fingerprint density at radius 3 is 1.57 bits per heavy atom. The Balaban J connectivity index is 1.48. The number of aromatic nitrogens is 2. The molecule has 0 saturated carbocycles. The summed E-state index contributed by atoms with van der Waals surface area (Å²) in [5, 5.41) is 0. The first kappa shape index (κ1) is 31.6. The van der Waals surface area contributed by atoms with Gasteiger partial charge in [-0.05, 0) is 37.7 Å². The van der Waals surface area contributed by atoms with E-state index in [4.69, 9.17) is 4.98 Å². The van der Waals surface area contributed by atoms with E-state index in [9.17, 15) is 0 Å². The Kier molecular flexibility index (Phi) is 19.2. The predicted octanol–water partition coefficient (Wildman–Crippen LogP) is 11.1. The normalized spacial score (nSPS) is 11.4. The molecule has 0 spiro atoms. The lowest BCUT2D eigenvalue weighted by molar-refractivity contribution is 0.524. The van der Waals surface area contributed by atoms with E-state index in [0.29, 0.717) is 0 Å². The molecule has 37 heavy (non-hydrogen) atoms. The van der Waals surface area contributed by atoms with Crippen LogP contribution in [0.1, 0.15) is 159 Å². The molecule has 0 unspecified atom stereocenters. The van der Waals surface area contributed by atoms with Crippen LogP contribution >= 0.6 is 0 Å². The van der Waals surface area contributed by atoms with Gasteiger partial charge in [-0.1, -0.05) is 153 Å². The van der Waals surface area contributed by atoms with Crippen molar-refractivity contribution in [2.75, 3.05) is 0 Å². The van der Waals surface area contributed by atoms with E-state index in [1.807, 2.05) is 0 Å². The van der Waals surface area contributed by atoms with Crippen LogP contribution in [0.3, 0.4) is 0 Å². The molecule has 0 aliphatic heterocycles. The fraction of sp³-hybridized carbons (Fsp3) is 0.743. The second kappa shape index (κ2) is 22.4.